The van der Waals surface area contributed by atoms with Crippen molar-refractivity contribution in [2.75, 3.05) is 13.1 Å². The van der Waals surface area contributed by atoms with Crippen LogP contribution in [-0.2, 0) is 6.54 Å². The zero-order valence-corrected chi connectivity index (χ0v) is 11.8. The number of rotatable bonds is 3. The summed E-state index contributed by atoms with van der Waals surface area (Å²) in [7, 11) is 0. The quantitative estimate of drug-likeness (QED) is 0.916. The highest BCUT2D eigenvalue weighted by Crippen LogP contribution is 2.28. The third-order valence-corrected chi connectivity index (χ3v) is 4.76. The number of benzene rings is 1. The topological polar surface area (TPSA) is 15.3 Å². The van der Waals surface area contributed by atoms with Gasteiger partial charge in [-0.1, -0.05) is 29.3 Å². The third kappa shape index (κ3) is 2.53. The molecule has 2 atom stereocenters. The maximum atomic E-state index is 6.19. The van der Waals surface area contributed by atoms with Crippen molar-refractivity contribution in [2.45, 2.75) is 37.9 Å². The van der Waals surface area contributed by atoms with Gasteiger partial charge in [-0.05, 0) is 43.5 Å². The Morgan fingerprint density at radius 1 is 1.22 bits per heavy atom. The van der Waals surface area contributed by atoms with E-state index in [0.717, 1.165) is 23.2 Å². The van der Waals surface area contributed by atoms with E-state index < -0.39 is 0 Å². The molecule has 3 rings (SSSR count). The van der Waals surface area contributed by atoms with Crippen LogP contribution >= 0.6 is 23.2 Å². The molecule has 1 N–H and O–H groups in total. The average molecular weight is 285 g/mol. The van der Waals surface area contributed by atoms with Crippen molar-refractivity contribution in [3.63, 3.8) is 0 Å². The summed E-state index contributed by atoms with van der Waals surface area (Å²) in [5, 5.41) is 5.12. The Morgan fingerprint density at radius 3 is 2.94 bits per heavy atom. The van der Waals surface area contributed by atoms with E-state index in [-0.39, 0.29) is 0 Å². The number of hydrogen-bond acceptors (Lipinski definition) is 2. The van der Waals surface area contributed by atoms with Crippen LogP contribution in [0.15, 0.2) is 18.2 Å². The van der Waals surface area contributed by atoms with Gasteiger partial charge in [-0.2, -0.15) is 0 Å². The second-order valence-corrected chi connectivity index (χ2v) is 6.10. The molecule has 0 radical (unpaired) electrons. The van der Waals surface area contributed by atoms with Crippen molar-refractivity contribution >= 4 is 23.2 Å². The molecule has 0 spiro atoms. The van der Waals surface area contributed by atoms with Crippen LogP contribution < -0.4 is 5.32 Å². The SMILES string of the molecule is Clc1ccc(CNC2CCN3CCCC23)c(Cl)c1. The maximum absolute atomic E-state index is 6.19. The van der Waals surface area contributed by atoms with Crippen LogP contribution in [0.4, 0.5) is 0 Å². The fourth-order valence-electron chi connectivity index (χ4n) is 3.23. The van der Waals surface area contributed by atoms with Gasteiger partial charge in [-0.25, -0.2) is 0 Å². The van der Waals surface area contributed by atoms with Gasteiger partial charge < -0.3 is 5.32 Å². The van der Waals surface area contributed by atoms with E-state index in [9.17, 15) is 0 Å². The molecule has 0 bridgehead atoms. The summed E-state index contributed by atoms with van der Waals surface area (Å²) >= 11 is 12.1. The number of fused-ring (bicyclic) bond motifs is 1. The molecular weight excluding hydrogens is 267 g/mol. The summed E-state index contributed by atoms with van der Waals surface area (Å²) in [6.07, 6.45) is 3.95. The van der Waals surface area contributed by atoms with Gasteiger partial charge in [0, 0.05) is 35.2 Å². The lowest BCUT2D eigenvalue weighted by Crippen LogP contribution is -2.38. The highest BCUT2D eigenvalue weighted by atomic mass is 35.5. The van der Waals surface area contributed by atoms with Gasteiger partial charge >= 0.3 is 0 Å². The zero-order valence-electron chi connectivity index (χ0n) is 10.3. The molecule has 4 heteroatoms. The lowest BCUT2D eigenvalue weighted by Gasteiger charge is -2.21. The second-order valence-electron chi connectivity index (χ2n) is 5.26. The summed E-state index contributed by atoms with van der Waals surface area (Å²) in [5.74, 6) is 0. The van der Waals surface area contributed by atoms with Gasteiger partial charge in [0.05, 0.1) is 0 Å². The normalized spacial score (nSPS) is 27.7. The Morgan fingerprint density at radius 2 is 2.11 bits per heavy atom. The molecule has 2 heterocycles. The molecule has 0 saturated carbocycles. The van der Waals surface area contributed by atoms with Crippen LogP contribution in [0.3, 0.4) is 0 Å². The van der Waals surface area contributed by atoms with Crippen molar-refractivity contribution in [1.29, 1.82) is 0 Å². The van der Waals surface area contributed by atoms with Gasteiger partial charge in [-0.15, -0.1) is 0 Å². The van der Waals surface area contributed by atoms with Crippen molar-refractivity contribution in [1.82, 2.24) is 10.2 Å². The molecule has 98 valence electrons. The molecule has 2 aliphatic heterocycles. The van der Waals surface area contributed by atoms with E-state index in [4.69, 9.17) is 23.2 Å². The molecule has 2 saturated heterocycles. The molecule has 0 amide bonds. The summed E-state index contributed by atoms with van der Waals surface area (Å²) in [4.78, 5) is 2.61. The first-order chi connectivity index (χ1) is 8.74. The van der Waals surface area contributed by atoms with Gasteiger partial charge in [0.1, 0.15) is 0 Å². The van der Waals surface area contributed by atoms with Gasteiger partial charge in [0.15, 0.2) is 0 Å². The van der Waals surface area contributed by atoms with E-state index in [1.165, 1.54) is 32.4 Å². The lowest BCUT2D eigenvalue weighted by molar-refractivity contribution is 0.298. The Labute approximate surface area is 118 Å². The largest absolute Gasteiger partial charge is 0.308 e. The van der Waals surface area contributed by atoms with Crippen LogP contribution in [0.1, 0.15) is 24.8 Å². The Hall–Kier alpha value is -0.280. The monoisotopic (exact) mass is 284 g/mol. The minimum Gasteiger partial charge on any atom is -0.308 e. The fraction of sp³-hybridized carbons (Fsp3) is 0.571. The van der Waals surface area contributed by atoms with Gasteiger partial charge in [-0.3, -0.25) is 4.90 Å². The number of halogens is 2. The summed E-state index contributed by atoms with van der Waals surface area (Å²) in [6.45, 7) is 3.37. The highest BCUT2D eigenvalue weighted by Gasteiger charge is 2.36. The first-order valence-corrected chi connectivity index (χ1v) is 7.41. The van der Waals surface area contributed by atoms with Crippen molar-refractivity contribution < 1.29 is 0 Å². The highest BCUT2D eigenvalue weighted by molar-refractivity contribution is 6.35. The molecule has 2 aliphatic rings. The molecule has 2 nitrogen and oxygen atoms in total. The molecule has 2 unspecified atom stereocenters. The minimum atomic E-state index is 0.624. The van der Waals surface area contributed by atoms with Crippen molar-refractivity contribution in [2.24, 2.45) is 0 Å². The first-order valence-electron chi connectivity index (χ1n) is 6.65. The Balaban J connectivity index is 1.61. The number of nitrogens with zero attached hydrogens (tertiary/aromatic N) is 1. The minimum absolute atomic E-state index is 0.624. The summed E-state index contributed by atoms with van der Waals surface area (Å²) in [5.41, 5.74) is 1.14. The molecule has 18 heavy (non-hydrogen) atoms. The van der Waals surface area contributed by atoms with E-state index in [1.807, 2.05) is 18.2 Å². The second kappa shape index (κ2) is 5.38. The van der Waals surface area contributed by atoms with Crippen LogP contribution in [0.5, 0.6) is 0 Å². The van der Waals surface area contributed by atoms with E-state index >= 15 is 0 Å². The smallest absolute Gasteiger partial charge is 0.0465 e. The van der Waals surface area contributed by atoms with E-state index in [0.29, 0.717) is 11.1 Å². The van der Waals surface area contributed by atoms with Crippen LogP contribution in [0.25, 0.3) is 0 Å². The molecule has 0 aliphatic carbocycles. The molecule has 2 fully saturated rings. The number of hydrogen-bond donors (Lipinski definition) is 1. The Bertz CT molecular complexity index is 436. The lowest BCUT2D eigenvalue weighted by atomic mass is 10.1. The molecule has 1 aromatic carbocycles. The predicted octanol–water partition coefficient (Wildman–Crippen LogP) is 3.32. The van der Waals surface area contributed by atoms with Crippen LogP contribution in [0, 0.1) is 0 Å². The first kappa shape index (κ1) is 12.7. The van der Waals surface area contributed by atoms with Crippen LogP contribution in [0.2, 0.25) is 10.0 Å². The average Bonchev–Trinajstić information content (AvgIpc) is 2.91. The Kier molecular flexibility index (Phi) is 3.81. The van der Waals surface area contributed by atoms with Crippen molar-refractivity contribution in [3.8, 4) is 0 Å². The third-order valence-electron chi connectivity index (χ3n) is 4.18. The fourth-order valence-corrected chi connectivity index (χ4v) is 3.70. The van der Waals surface area contributed by atoms with Gasteiger partial charge in [0.25, 0.3) is 0 Å². The predicted molar refractivity (Wildman–Crippen MR) is 76.3 cm³/mol. The molecule has 1 aromatic rings. The summed E-state index contributed by atoms with van der Waals surface area (Å²) in [6, 6.07) is 7.10. The van der Waals surface area contributed by atoms with Crippen molar-refractivity contribution in [3.05, 3.63) is 33.8 Å². The van der Waals surface area contributed by atoms with Crippen LogP contribution in [-0.4, -0.2) is 30.1 Å². The van der Waals surface area contributed by atoms with E-state index in [2.05, 4.69) is 10.2 Å². The summed E-state index contributed by atoms with van der Waals surface area (Å²) < 4.78 is 0. The maximum Gasteiger partial charge on any atom is 0.0465 e. The number of nitrogens with one attached hydrogen (secondary N) is 1. The van der Waals surface area contributed by atoms with E-state index in [1.54, 1.807) is 0 Å². The zero-order chi connectivity index (χ0) is 12.5. The molecule has 0 aromatic heterocycles. The van der Waals surface area contributed by atoms with Gasteiger partial charge in [0.2, 0.25) is 0 Å². The molecular formula is C14H18Cl2N2. The standard InChI is InChI=1S/C14H18Cl2N2/c15-11-4-3-10(12(16)8-11)9-17-13-5-7-18-6-1-2-14(13)18/h3-4,8,13-14,17H,1-2,5-7,9H2.